The van der Waals surface area contributed by atoms with Gasteiger partial charge in [0.05, 0.1) is 0 Å². The Kier molecular flexibility index (Phi) is 5.83. The van der Waals surface area contributed by atoms with E-state index in [9.17, 15) is 0 Å². The van der Waals surface area contributed by atoms with E-state index in [0.29, 0.717) is 24.0 Å². The van der Waals surface area contributed by atoms with Crippen LogP contribution < -0.4 is 5.32 Å². The SMILES string of the molecule is CC(C)c1ccc(C(C)NC2CCN(C(C)C)CC2)cc1. The van der Waals surface area contributed by atoms with Crippen molar-refractivity contribution in [2.45, 2.75) is 71.5 Å². The fraction of sp³-hybridized carbons (Fsp3) is 0.684. The highest BCUT2D eigenvalue weighted by molar-refractivity contribution is 5.26. The predicted molar refractivity (Wildman–Crippen MR) is 91.8 cm³/mol. The molecule has 1 unspecified atom stereocenters. The second kappa shape index (κ2) is 7.42. The minimum atomic E-state index is 0.446. The molecular weight excluding hydrogens is 256 g/mol. The van der Waals surface area contributed by atoms with Gasteiger partial charge in [-0.05, 0) is 63.7 Å². The number of benzene rings is 1. The van der Waals surface area contributed by atoms with Crippen LogP contribution in [0.3, 0.4) is 0 Å². The van der Waals surface area contributed by atoms with E-state index in [1.165, 1.54) is 37.1 Å². The minimum absolute atomic E-state index is 0.446. The molecule has 0 bridgehead atoms. The lowest BCUT2D eigenvalue weighted by Gasteiger charge is -2.36. The Morgan fingerprint density at radius 1 is 0.905 bits per heavy atom. The summed E-state index contributed by atoms with van der Waals surface area (Å²) in [6.07, 6.45) is 2.54. The Labute approximate surface area is 130 Å². The number of hydrogen-bond donors (Lipinski definition) is 1. The molecule has 0 amide bonds. The normalized spacial score (nSPS) is 19.4. The predicted octanol–water partition coefficient (Wildman–Crippen LogP) is 4.33. The Hall–Kier alpha value is -0.860. The summed E-state index contributed by atoms with van der Waals surface area (Å²) in [5, 5.41) is 3.82. The van der Waals surface area contributed by atoms with Crippen molar-refractivity contribution >= 4 is 0 Å². The van der Waals surface area contributed by atoms with Crippen LogP contribution in [0.4, 0.5) is 0 Å². The molecule has 0 spiro atoms. The maximum atomic E-state index is 3.82. The highest BCUT2D eigenvalue weighted by Crippen LogP contribution is 2.21. The standard InChI is InChI=1S/C19H32N2/c1-14(2)17-6-8-18(9-7-17)16(5)20-19-10-12-21(13-11-19)15(3)4/h6-9,14-16,19-20H,10-13H2,1-5H3. The van der Waals surface area contributed by atoms with Gasteiger partial charge >= 0.3 is 0 Å². The summed E-state index contributed by atoms with van der Waals surface area (Å²) in [5.41, 5.74) is 2.84. The lowest BCUT2D eigenvalue weighted by molar-refractivity contribution is 0.157. The molecule has 1 fully saturated rings. The van der Waals surface area contributed by atoms with Gasteiger partial charge in [-0.25, -0.2) is 0 Å². The first-order valence-corrected chi connectivity index (χ1v) is 8.57. The van der Waals surface area contributed by atoms with Crippen LogP contribution in [-0.2, 0) is 0 Å². The van der Waals surface area contributed by atoms with Crippen molar-refractivity contribution < 1.29 is 0 Å². The molecule has 1 aliphatic rings. The Morgan fingerprint density at radius 2 is 1.43 bits per heavy atom. The number of nitrogens with one attached hydrogen (secondary N) is 1. The van der Waals surface area contributed by atoms with Gasteiger partial charge in [-0.15, -0.1) is 0 Å². The summed E-state index contributed by atoms with van der Waals surface area (Å²) < 4.78 is 0. The Balaban J connectivity index is 1.86. The fourth-order valence-electron chi connectivity index (χ4n) is 3.20. The molecule has 1 heterocycles. The molecule has 2 rings (SSSR count). The molecule has 0 aliphatic carbocycles. The van der Waals surface area contributed by atoms with Crippen molar-refractivity contribution in [3.05, 3.63) is 35.4 Å². The van der Waals surface area contributed by atoms with Gasteiger partial charge in [-0.2, -0.15) is 0 Å². The molecule has 2 heteroatoms. The van der Waals surface area contributed by atoms with Crippen molar-refractivity contribution in [1.82, 2.24) is 10.2 Å². The zero-order chi connectivity index (χ0) is 15.4. The first-order valence-electron chi connectivity index (χ1n) is 8.57. The molecule has 0 aromatic heterocycles. The molecule has 1 aromatic rings. The van der Waals surface area contributed by atoms with E-state index in [0.717, 1.165) is 0 Å². The quantitative estimate of drug-likeness (QED) is 0.867. The molecule has 118 valence electrons. The number of likely N-dealkylation sites (tertiary alicyclic amines) is 1. The number of hydrogen-bond acceptors (Lipinski definition) is 2. The monoisotopic (exact) mass is 288 g/mol. The summed E-state index contributed by atoms with van der Waals surface area (Å²) in [6, 6.07) is 10.9. The average Bonchev–Trinajstić information content (AvgIpc) is 2.47. The maximum Gasteiger partial charge on any atom is 0.0294 e. The first kappa shape index (κ1) is 16.5. The summed E-state index contributed by atoms with van der Waals surface area (Å²) in [6.45, 7) is 13.8. The van der Waals surface area contributed by atoms with Crippen LogP contribution in [0.25, 0.3) is 0 Å². The van der Waals surface area contributed by atoms with E-state index >= 15 is 0 Å². The van der Waals surface area contributed by atoms with Crippen LogP contribution in [0.2, 0.25) is 0 Å². The highest BCUT2D eigenvalue weighted by Gasteiger charge is 2.22. The second-order valence-corrected chi connectivity index (χ2v) is 7.11. The van der Waals surface area contributed by atoms with Crippen LogP contribution in [0, 0.1) is 0 Å². The molecule has 1 aromatic carbocycles. The minimum Gasteiger partial charge on any atom is -0.307 e. The fourth-order valence-corrected chi connectivity index (χ4v) is 3.20. The summed E-state index contributed by atoms with van der Waals surface area (Å²) in [4.78, 5) is 2.58. The zero-order valence-corrected chi connectivity index (χ0v) is 14.4. The van der Waals surface area contributed by atoms with E-state index in [4.69, 9.17) is 0 Å². The van der Waals surface area contributed by atoms with E-state index in [2.05, 4.69) is 69.1 Å². The van der Waals surface area contributed by atoms with Crippen molar-refractivity contribution in [2.75, 3.05) is 13.1 Å². The van der Waals surface area contributed by atoms with Gasteiger partial charge in [-0.1, -0.05) is 38.1 Å². The Bertz CT molecular complexity index is 414. The van der Waals surface area contributed by atoms with E-state index in [1.807, 2.05) is 0 Å². The van der Waals surface area contributed by atoms with Crippen molar-refractivity contribution in [1.29, 1.82) is 0 Å². The lowest BCUT2D eigenvalue weighted by Crippen LogP contribution is -2.45. The van der Waals surface area contributed by atoms with Crippen LogP contribution in [0.5, 0.6) is 0 Å². The van der Waals surface area contributed by atoms with E-state index < -0.39 is 0 Å². The molecule has 0 saturated carbocycles. The molecule has 21 heavy (non-hydrogen) atoms. The largest absolute Gasteiger partial charge is 0.307 e. The zero-order valence-electron chi connectivity index (χ0n) is 14.4. The van der Waals surface area contributed by atoms with E-state index in [-0.39, 0.29) is 0 Å². The van der Waals surface area contributed by atoms with E-state index in [1.54, 1.807) is 0 Å². The maximum absolute atomic E-state index is 3.82. The van der Waals surface area contributed by atoms with Crippen LogP contribution >= 0.6 is 0 Å². The molecular formula is C19H32N2. The molecule has 1 N–H and O–H groups in total. The number of nitrogens with zero attached hydrogens (tertiary/aromatic N) is 1. The third-order valence-electron chi connectivity index (χ3n) is 4.85. The molecule has 1 saturated heterocycles. The summed E-state index contributed by atoms with van der Waals surface area (Å²) in [7, 11) is 0. The van der Waals surface area contributed by atoms with Gasteiger partial charge in [0, 0.05) is 18.1 Å². The van der Waals surface area contributed by atoms with Gasteiger partial charge in [0.25, 0.3) is 0 Å². The van der Waals surface area contributed by atoms with Gasteiger partial charge in [0.1, 0.15) is 0 Å². The van der Waals surface area contributed by atoms with Crippen molar-refractivity contribution in [2.24, 2.45) is 0 Å². The molecule has 1 atom stereocenters. The third-order valence-corrected chi connectivity index (χ3v) is 4.85. The van der Waals surface area contributed by atoms with Crippen molar-refractivity contribution in [3.63, 3.8) is 0 Å². The van der Waals surface area contributed by atoms with Gasteiger partial charge in [-0.3, -0.25) is 0 Å². The number of rotatable bonds is 5. The highest BCUT2D eigenvalue weighted by atomic mass is 15.2. The van der Waals surface area contributed by atoms with Crippen LogP contribution in [-0.4, -0.2) is 30.1 Å². The van der Waals surface area contributed by atoms with Crippen LogP contribution in [0.1, 0.15) is 70.5 Å². The molecule has 0 radical (unpaired) electrons. The average molecular weight is 288 g/mol. The smallest absolute Gasteiger partial charge is 0.0294 e. The van der Waals surface area contributed by atoms with Gasteiger partial charge < -0.3 is 10.2 Å². The topological polar surface area (TPSA) is 15.3 Å². The summed E-state index contributed by atoms with van der Waals surface area (Å²) in [5.74, 6) is 0.614. The third kappa shape index (κ3) is 4.55. The van der Waals surface area contributed by atoms with Gasteiger partial charge in [0.2, 0.25) is 0 Å². The van der Waals surface area contributed by atoms with Crippen molar-refractivity contribution in [3.8, 4) is 0 Å². The summed E-state index contributed by atoms with van der Waals surface area (Å²) >= 11 is 0. The van der Waals surface area contributed by atoms with Crippen LogP contribution in [0.15, 0.2) is 24.3 Å². The molecule has 2 nitrogen and oxygen atoms in total. The van der Waals surface area contributed by atoms with Gasteiger partial charge in [0.15, 0.2) is 0 Å². The first-order chi connectivity index (χ1) is 9.97. The molecule has 1 aliphatic heterocycles. The Morgan fingerprint density at radius 3 is 1.90 bits per heavy atom. The lowest BCUT2D eigenvalue weighted by atomic mass is 9.98. The number of piperidine rings is 1. The second-order valence-electron chi connectivity index (χ2n) is 7.11.